The highest BCUT2D eigenvalue weighted by atomic mass is 16.3. The van der Waals surface area contributed by atoms with Crippen molar-refractivity contribution in [1.82, 2.24) is 9.97 Å². The van der Waals surface area contributed by atoms with Crippen LogP contribution in [-0.2, 0) is 0 Å². The standard InChI is InChI=1S/C11H6N2O/c1-2-11-7-4-9-8(12-5-13-9)3-6(7)10(1)14-11/h1-5H,(H,12,13). The van der Waals surface area contributed by atoms with E-state index in [-0.39, 0.29) is 0 Å². The first-order chi connectivity index (χ1) is 6.92. The molecule has 3 nitrogen and oxygen atoms in total. The van der Waals surface area contributed by atoms with E-state index in [4.69, 9.17) is 4.42 Å². The molecule has 66 valence electrons. The number of hydrogen-bond acceptors (Lipinski definition) is 2. The fourth-order valence-electron chi connectivity index (χ4n) is 2.02. The van der Waals surface area contributed by atoms with E-state index in [2.05, 4.69) is 22.1 Å². The van der Waals surface area contributed by atoms with E-state index in [1.807, 2.05) is 12.1 Å². The first kappa shape index (κ1) is 6.43. The lowest BCUT2D eigenvalue weighted by Crippen LogP contribution is -1.71. The molecule has 0 saturated heterocycles. The summed E-state index contributed by atoms with van der Waals surface area (Å²) >= 11 is 0. The zero-order valence-corrected chi connectivity index (χ0v) is 7.24. The minimum absolute atomic E-state index is 0.944. The van der Waals surface area contributed by atoms with Crippen LogP contribution >= 0.6 is 0 Å². The van der Waals surface area contributed by atoms with Gasteiger partial charge in [0.05, 0.1) is 17.4 Å². The Kier molecular flexibility index (Phi) is 0.871. The Balaban J connectivity index is 2.41. The number of furan rings is 2. The normalized spacial score (nSPS) is 12.3. The summed E-state index contributed by atoms with van der Waals surface area (Å²) in [7, 11) is 0. The molecule has 0 amide bonds. The summed E-state index contributed by atoms with van der Waals surface area (Å²) in [4.78, 5) is 7.32. The van der Waals surface area contributed by atoms with Gasteiger partial charge in [-0.2, -0.15) is 0 Å². The Bertz CT molecular complexity index is 676. The minimum atomic E-state index is 0.944. The maximum Gasteiger partial charge on any atom is 0.135 e. The van der Waals surface area contributed by atoms with Crippen molar-refractivity contribution in [2.75, 3.05) is 0 Å². The van der Waals surface area contributed by atoms with Gasteiger partial charge in [0.2, 0.25) is 0 Å². The van der Waals surface area contributed by atoms with Gasteiger partial charge in [0.25, 0.3) is 0 Å². The monoisotopic (exact) mass is 182 g/mol. The molecular formula is C11H6N2O. The largest absolute Gasteiger partial charge is 0.456 e. The Morgan fingerprint density at radius 3 is 2.71 bits per heavy atom. The van der Waals surface area contributed by atoms with Gasteiger partial charge in [-0.05, 0) is 24.3 Å². The van der Waals surface area contributed by atoms with Gasteiger partial charge in [-0.15, -0.1) is 0 Å². The van der Waals surface area contributed by atoms with Gasteiger partial charge in [0.15, 0.2) is 0 Å². The van der Waals surface area contributed by atoms with E-state index < -0.39 is 0 Å². The summed E-state index contributed by atoms with van der Waals surface area (Å²) in [5.41, 5.74) is 3.94. The van der Waals surface area contributed by atoms with Gasteiger partial charge in [-0.1, -0.05) is 0 Å². The molecule has 3 aromatic heterocycles. The predicted molar refractivity (Wildman–Crippen MR) is 54.6 cm³/mol. The highest BCUT2D eigenvalue weighted by Gasteiger charge is 2.10. The third-order valence-electron chi connectivity index (χ3n) is 2.70. The van der Waals surface area contributed by atoms with Crippen molar-refractivity contribution in [3.8, 4) is 0 Å². The maximum atomic E-state index is 5.56. The molecule has 0 aliphatic carbocycles. The SMILES string of the molecule is c1nc2cc3c4ccc(o4)c3cc2[nH]1. The number of fused-ring (bicyclic) bond motifs is 6. The lowest BCUT2D eigenvalue weighted by molar-refractivity contribution is 0.679. The average Bonchev–Trinajstić information content (AvgIpc) is 2.90. The summed E-state index contributed by atoms with van der Waals surface area (Å²) < 4.78 is 5.56. The van der Waals surface area contributed by atoms with Crippen molar-refractivity contribution in [2.24, 2.45) is 0 Å². The number of rotatable bonds is 0. The van der Waals surface area contributed by atoms with E-state index in [0.29, 0.717) is 0 Å². The van der Waals surface area contributed by atoms with E-state index in [1.165, 1.54) is 5.39 Å². The van der Waals surface area contributed by atoms with Crippen molar-refractivity contribution < 1.29 is 4.42 Å². The van der Waals surface area contributed by atoms with Gasteiger partial charge in [0, 0.05) is 10.8 Å². The molecule has 3 heteroatoms. The van der Waals surface area contributed by atoms with E-state index in [9.17, 15) is 0 Å². The van der Waals surface area contributed by atoms with Crippen molar-refractivity contribution in [1.29, 1.82) is 0 Å². The first-order valence-electron chi connectivity index (χ1n) is 4.49. The number of nitrogens with zero attached hydrogens (tertiary/aromatic N) is 1. The molecule has 3 heterocycles. The van der Waals surface area contributed by atoms with E-state index in [1.54, 1.807) is 6.33 Å². The second-order valence-electron chi connectivity index (χ2n) is 3.48. The molecule has 0 radical (unpaired) electrons. The number of nitrogens with one attached hydrogen (secondary N) is 1. The summed E-state index contributed by atoms with van der Waals surface area (Å²) in [6, 6.07) is 8.15. The molecular weight excluding hydrogens is 176 g/mol. The third-order valence-corrected chi connectivity index (χ3v) is 2.70. The van der Waals surface area contributed by atoms with Crippen LogP contribution in [0.4, 0.5) is 0 Å². The smallest absolute Gasteiger partial charge is 0.135 e. The van der Waals surface area contributed by atoms with Crippen LogP contribution in [0, 0.1) is 0 Å². The molecule has 0 aliphatic rings. The first-order valence-corrected chi connectivity index (χ1v) is 4.49. The summed E-state index contributed by atoms with van der Waals surface area (Å²) in [5.74, 6) is 0. The predicted octanol–water partition coefficient (Wildman–Crippen LogP) is 2.90. The molecule has 2 bridgehead atoms. The van der Waals surface area contributed by atoms with Crippen molar-refractivity contribution in [3.63, 3.8) is 0 Å². The fourth-order valence-corrected chi connectivity index (χ4v) is 2.02. The maximum absolute atomic E-state index is 5.56. The zero-order valence-electron chi connectivity index (χ0n) is 7.24. The van der Waals surface area contributed by atoms with Gasteiger partial charge < -0.3 is 9.40 Å². The summed E-state index contributed by atoms with van der Waals surface area (Å²) in [6.45, 7) is 0. The van der Waals surface area contributed by atoms with Gasteiger partial charge in [-0.3, -0.25) is 0 Å². The van der Waals surface area contributed by atoms with E-state index >= 15 is 0 Å². The Hall–Kier alpha value is -2.03. The molecule has 0 spiro atoms. The molecule has 1 aromatic carbocycles. The quantitative estimate of drug-likeness (QED) is 0.454. The molecule has 1 N–H and O–H groups in total. The molecule has 0 unspecified atom stereocenters. The Morgan fingerprint density at radius 1 is 1.07 bits per heavy atom. The minimum Gasteiger partial charge on any atom is -0.456 e. The third kappa shape index (κ3) is 0.587. The molecule has 0 aliphatic heterocycles. The second-order valence-corrected chi connectivity index (χ2v) is 3.48. The Labute approximate surface area is 78.7 Å². The summed E-state index contributed by atoms with van der Waals surface area (Å²) in [6.07, 6.45) is 1.71. The lowest BCUT2D eigenvalue weighted by Gasteiger charge is -1.91. The van der Waals surface area contributed by atoms with Crippen LogP contribution in [0.1, 0.15) is 0 Å². The van der Waals surface area contributed by atoms with Crippen LogP contribution in [0.5, 0.6) is 0 Å². The topological polar surface area (TPSA) is 41.8 Å². The zero-order chi connectivity index (χ0) is 9.12. The van der Waals surface area contributed by atoms with Crippen LogP contribution in [0.15, 0.2) is 35.0 Å². The van der Waals surface area contributed by atoms with Crippen LogP contribution in [0.3, 0.4) is 0 Å². The molecule has 14 heavy (non-hydrogen) atoms. The lowest BCUT2D eigenvalue weighted by atomic mass is 10.1. The average molecular weight is 182 g/mol. The van der Waals surface area contributed by atoms with Crippen molar-refractivity contribution in [3.05, 3.63) is 30.6 Å². The highest BCUT2D eigenvalue weighted by molar-refractivity contribution is 6.11. The molecule has 4 aromatic rings. The number of aromatic nitrogens is 2. The number of hydrogen-bond donors (Lipinski definition) is 1. The number of imidazole rings is 1. The van der Waals surface area contributed by atoms with E-state index in [0.717, 1.165) is 27.6 Å². The number of benzene rings is 2. The molecule has 0 fully saturated rings. The van der Waals surface area contributed by atoms with Crippen molar-refractivity contribution >= 4 is 33.0 Å². The van der Waals surface area contributed by atoms with Crippen molar-refractivity contribution in [2.45, 2.75) is 0 Å². The highest BCUT2D eigenvalue weighted by Crippen LogP contribution is 2.33. The van der Waals surface area contributed by atoms with Gasteiger partial charge in [0.1, 0.15) is 11.2 Å². The van der Waals surface area contributed by atoms with Crippen LogP contribution < -0.4 is 0 Å². The van der Waals surface area contributed by atoms with Crippen LogP contribution in [0.25, 0.3) is 33.0 Å². The molecule has 0 saturated carbocycles. The molecule has 0 atom stereocenters. The summed E-state index contributed by atoms with van der Waals surface area (Å²) in [5, 5.41) is 2.32. The van der Waals surface area contributed by atoms with Gasteiger partial charge in [-0.25, -0.2) is 4.98 Å². The van der Waals surface area contributed by atoms with Gasteiger partial charge >= 0.3 is 0 Å². The molecule has 4 rings (SSSR count). The van der Waals surface area contributed by atoms with Crippen LogP contribution in [0.2, 0.25) is 0 Å². The number of aromatic amines is 1. The number of H-pyrrole nitrogens is 1. The Morgan fingerprint density at radius 2 is 1.86 bits per heavy atom. The van der Waals surface area contributed by atoms with Crippen LogP contribution in [-0.4, -0.2) is 9.97 Å². The second kappa shape index (κ2) is 1.90. The fraction of sp³-hybridized carbons (Fsp3) is 0.